The van der Waals surface area contributed by atoms with Crippen molar-refractivity contribution < 1.29 is 33.4 Å². The van der Waals surface area contributed by atoms with Gasteiger partial charge < -0.3 is 24.2 Å². The lowest BCUT2D eigenvalue weighted by Crippen LogP contribution is -2.64. The third-order valence-corrected chi connectivity index (χ3v) is 8.02. The second-order valence-electron chi connectivity index (χ2n) is 12.8. The van der Waals surface area contributed by atoms with Crippen molar-refractivity contribution in [3.8, 4) is 0 Å². The first-order valence-corrected chi connectivity index (χ1v) is 15.7. The lowest BCUT2D eigenvalue weighted by molar-refractivity contribution is -0.162. The fourth-order valence-corrected chi connectivity index (χ4v) is 5.19. The fraction of sp³-hybridized carbons (Fsp3) is 0.514. The minimum absolute atomic E-state index is 0.0694. The van der Waals surface area contributed by atoms with Gasteiger partial charge in [0.1, 0.15) is 36.9 Å². The smallest absolute Gasteiger partial charge is 0.410 e. The summed E-state index contributed by atoms with van der Waals surface area (Å²) >= 11 is 0. The van der Waals surface area contributed by atoms with Crippen LogP contribution in [0.15, 0.2) is 54.6 Å². The molecule has 0 saturated carbocycles. The normalized spacial score (nSPS) is 15.6. The molecule has 1 unspecified atom stereocenters. The molecule has 46 heavy (non-hydrogen) atoms. The molecule has 0 aromatic heterocycles. The molecule has 11 heteroatoms. The van der Waals surface area contributed by atoms with E-state index in [1.54, 1.807) is 34.6 Å². The number of nitrogens with zero attached hydrogens (tertiary/aromatic N) is 4. The Balaban J connectivity index is 1.75. The van der Waals surface area contributed by atoms with Crippen LogP contribution in [-0.4, -0.2) is 107 Å². The summed E-state index contributed by atoms with van der Waals surface area (Å²) in [6, 6.07) is 14.4. The molecule has 1 aliphatic rings. The summed E-state index contributed by atoms with van der Waals surface area (Å²) in [6.07, 6.45) is -0.000366. The van der Waals surface area contributed by atoms with Gasteiger partial charge in [-0.2, -0.15) is 0 Å². The molecule has 1 heterocycles. The molecule has 2 aromatic rings. The average molecular weight is 637 g/mol. The number of aryl methyl sites for hydroxylation is 1. The average Bonchev–Trinajstić information content (AvgIpc) is 2.98. The van der Waals surface area contributed by atoms with Crippen LogP contribution in [0.5, 0.6) is 0 Å². The zero-order valence-corrected chi connectivity index (χ0v) is 28.3. The van der Waals surface area contributed by atoms with Gasteiger partial charge in [-0.05, 0) is 59.1 Å². The Hall–Kier alpha value is -4.41. The van der Waals surface area contributed by atoms with Gasteiger partial charge in [0.2, 0.25) is 17.7 Å². The highest BCUT2D eigenvalue weighted by atomic mass is 16.6. The summed E-state index contributed by atoms with van der Waals surface area (Å²) in [6.45, 7) is 11.0. The molecule has 0 radical (unpaired) electrons. The molecule has 0 aliphatic carbocycles. The van der Waals surface area contributed by atoms with E-state index in [1.807, 2.05) is 61.5 Å². The highest BCUT2D eigenvalue weighted by Crippen LogP contribution is 2.25. The second kappa shape index (κ2) is 15.7. The maximum Gasteiger partial charge on any atom is 0.410 e. The quantitative estimate of drug-likeness (QED) is 0.325. The molecular formula is C35H48N4O7. The number of hydrogen-bond acceptors (Lipinski definition) is 7. The number of likely N-dealkylation sites (N-methyl/N-ethyl adjacent to an activating group) is 3. The topological polar surface area (TPSA) is 117 Å². The van der Waals surface area contributed by atoms with E-state index in [2.05, 4.69) is 0 Å². The monoisotopic (exact) mass is 636 g/mol. The van der Waals surface area contributed by atoms with E-state index in [-0.39, 0.29) is 37.9 Å². The molecule has 11 nitrogen and oxygen atoms in total. The fourth-order valence-electron chi connectivity index (χ4n) is 5.19. The lowest BCUT2D eigenvalue weighted by atomic mass is 9.96. The molecule has 2 aromatic carbocycles. The number of esters is 1. The molecular weight excluding hydrogens is 588 g/mol. The van der Waals surface area contributed by atoms with Crippen molar-refractivity contribution in [3.63, 3.8) is 0 Å². The minimum Gasteiger partial charge on any atom is -0.459 e. The van der Waals surface area contributed by atoms with Crippen LogP contribution < -0.4 is 0 Å². The summed E-state index contributed by atoms with van der Waals surface area (Å²) in [4.78, 5) is 72.2. The van der Waals surface area contributed by atoms with Gasteiger partial charge in [-0.1, -0.05) is 60.2 Å². The number of hydrogen-bond donors (Lipinski definition) is 0. The molecule has 3 atom stereocenters. The Kier molecular flexibility index (Phi) is 12.3. The maximum absolute atomic E-state index is 14.0. The number of ether oxygens (including phenoxy) is 2. The van der Waals surface area contributed by atoms with Gasteiger partial charge >= 0.3 is 12.1 Å². The Morgan fingerprint density at radius 2 is 1.59 bits per heavy atom. The zero-order valence-electron chi connectivity index (χ0n) is 28.3. The van der Waals surface area contributed by atoms with E-state index in [1.165, 1.54) is 33.7 Å². The lowest BCUT2D eigenvalue weighted by Gasteiger charge is -2.45. The van der Waals surface area contributed by atoms with Gasteiger partial charge in [0.15, 0.2) is 0 Å². The van der Waals surface area contributed by atoms with E-state index < -0.39 is 41.7 Å². The molecule has 3 rings (SSSR count). The molecule has 1 saturated heterocycles. The van der Waals surface area contributed by atoms with Gasteiger partial charge in [0.25, 0.3) is 0 Å². The number of likely N-dealkylation sites (tertiary alicyclic amines) is 1. The van der Waals surface area contributed by atoms with Gasteiger partial charge in [-0.3, -0.25) is 24.1 Å². The highest BCUT2D eigenvalue weighted by molar-refractivity contribution is 5.95. The molecule has 0 bridgehead atoms. The number of rotatable bonds is 12. The van der Waals surface area contributed by atoms with Crippen LogP contribution in [0, 0.1) is 6.92 Å². The van der Waals surface area contributed by atoms with Crippen molar-refractivity contribution in [2.45, 2.75) is 84.7 Å². The van der Waals surface area contributed by atoms with Gasteiger partial charge in [-0.15, -0.1) is 0 Å². The van der Waals surface area contributed by atoms with Crippen LogP contribution >= 0.6 is 0 Å². The Labute approximate surface area is 272 Å². The standard InChI is InChI=1S/C35H48N4O7/c1-9-38(29(21-26-17-15-24(2)16-18-26)32(42)36(7)22-30(40)46-35(4,5)6)33(43)28-19-20-39(28)31(41)25(3)37(8)34(44)45-23-27-13-11-10-12-14-27/h10-18,25,28-29H,9,19-23H2,1-8H3/t25-,28-,29?/m0/s1. The summed E-state index contributed by atoms with van der Waals surface area (Å²) in [7, 11) is 3.00. The van der Waals surface area contributed by atoms with Crippen LogP contribution in [-0.2, 0) is 41.7 Å². The van der Waals surface area contributed by atoms with Crippen LogP contribution in [0.3, 0.4) is 0 Å². The minimum atomic E-state index is -0.918. The highest BCUT2D eigenvalue weighted by Gasteiger charge is 2.44. The number of benzene rings is 2. The first-order chi connectivity index (χ1) is 21.6. The largest absolute Gasteiger partial charge is 0.459 e. The Morgan fingerprint density at radius 1 is 0.957 bits per heavy atom. The van der Waals surface area contributed by atoms with E-state index in [9.17, 15) is 24.0 Å². The summed E-state index contributed by atoms with van der Waals surface area (Å²) in [5.74, 6) is -1.71. The molecule has 0 spiro atoms. The van der Waals surface area contributed by atoms with Crippen molar-refractivity contribution >= 4 is 29.8 Å². The second-order valence-corrected chi connectivity index (χ2v) is 12.8. The maximum atomic E-state index is 14.0. The van der Waals surface area contributed by atoms with Gasteiger partial charge in [0.05, 0.1) is 0 Å². The summed E-state index contributed by atoms with van der Waals surface area (Å²) in [5.41, 5.74) is 2.02. The van der Waals surface area contributed by atoms with Crippen molar-refractivity contribution in [2.75, 3.05) is 33.7 Å². The predicted octanol–water partition coefficient (Wildman–Crippen LogP) is 3.81. The molecule has 0 N–H and O–H groups in total. The van der Waals surface area contributed by atoms with Crippen LogP contribution in [0.4, 0.5) is 4.79 Å². The number of carbonyl (C=O) groups is 5. The van der Waals surface area contributed by atoms with Crippen molar-refractivity contribution in [2.24, 2.45) is 0 Å². The Morgan fingerprint density at radius 3 is 2.13 bits per heavy atom. The van der Waals surface area contributed by atoms with Crippen LogP contribution in [0.1, 0.15) is 57.7 Å². The van der Waals surface area contributed by atoms with E-state index >= 15 is 0 Å². The summed E-state index contributed by atoms with van der Waals surface area (Å²) in [5, 5.41) is 0. The first kappa shape index (κ1) is 36.1. The van der Waals surface area contributed by atoms with Gasteiger partial charge in [-0.25, -0.2) is 4.79 Å². The van der Waals surface area contributed by atoms with E-state index in [4.69, 9.17) is 9.47 Å². The van der Waals surface area contributed by atoms with Crippen molar-refractivity contribution in [1.82, 2.24) is 19.6 Å². The zero-order chi connectivity index (χ0) is 34.2. The van der Waals surface area contributed by atoms with Crippen molar-refractivity contribution in [3.05, 3.63) is 71.3 Å². The third-order valence-electron chi connectivity index (χ3n) is 8.02. The van der Waals surface area contributed by atoms with E-state index in [0.717, 1.165) is 16.7 Å². The Bertz CT molecular complexity index is 1370. The third kappa shape index (κ3) is 9.55. The van der Waals surface area contributed by atoms with E-state index in [0.29, 0.717) is 13.0 Å². The van der Waals surface area contributed by atoms with Gasteiger partial charge in [0, 0.05) is 33.6 Å². The molecule has 250 valence electrons. The summed E-state index contributed by atoms with van der Waals surface area (Å²) < 4.78 is 10.8. The van der Waals surface area contributed by atoms with Crippen LogP contribution in [0.2, 0.25) is 0 Å². The molecule has 1 fully saturated rings. The number of carbonyl (C=O) groups excluding carboxylic acids is 5. The SMILES string of the molecule is CCN(C(=O)[C@@H]1CCN1C(=O)[C@H](C)N(C)C(=O)OCc1ccccc1)C(Cc1ccc(C)cc1)C(=O)N(C)CC(=O)OC(C)(C)C. The first-order valence-electron chi connectivity index (χ1n) is 15.7. The predicted molar refractivity (Wildman–Crippen MR) is 174 cm³/mol. The molecule has 4 amide bonds. The van der Waals surface area contributed by atoms with Crippen LogP contribution in [0.25, 0.3) is 0 Å². The number of amides is 4. The van der Waals surface area contributed by atoms with Crippen molar-refractivity contribution in [1.29, 1.82) is 0 Å². The molecule has 1 aliphatic heterocycles.